The Balaban J connectivity index is 1.33. The Bertz CT molecular complexity index is 640. The zero-order chi connectivity index (χ0) is 19.2. The minimum absolute atomic E-state index is 0.264. The second-order valence-corrected chi connectivity index (χ2v) is 7.02. The van der Waals surface area contributed by atoms with Gasteiger partial charge in [-0.2, -0.15) is 5.10 Å². The van der Waals surface area contributed by atoms with Crippen LogP contribution in [-0.2, 0) is 17.9 Å². The third-order valence-corrected chi connectivity index (χ3v) is 4.67. The molecule has 1 aromatic carbocycles. The molecular weight excluding hydrogens is 340 g/mol. The van der Waals surface area contributed by atoms with Crippen LogP contribution >= 0.6 is 0 Å². The molecule has 2 rings (SSSR count). The summed E-state index contributed by atoms with van der Waals surface area (Å²) in [5.74, 6) is -0.913. The van der Waals surface area contributed by atoms with E-state index in [1.54, 1.807) is 10.9 Å². The van der Waals surface area contributed by atoms with Crippen LogP contribution in [0, 0.1) is 0 Å². The number of benzene rings is 1. The standard InChI is InChI=1S/C22H32N2O3/c25-22(26)21-17-23-24(18-21)15-11-6-4-2-1-3-5-7-12-16-27-19-20-13-9-8-10-14-20/h8-10,13-14,17-18H,1-7,11-12,15-16,19H2,(H,25,26). The first-order chi connectivity index (χ1) is 13.3. The van der Waals surface area contributed by atoms with Crippen molar-refractivity contribution in [3.05, 3.63) is 53.9 Å². The second-order valence-electron chi connectivity index (χ2n) is 7.02. The molecule has 0 bridgehead atoms. The molecule has 5 nitrogen and oxygen atoms in total. The quantitative estimate of drug-likeness (QED) is 0.430. The van der Waals surface area contributed by atoms with E-state index in [0.29, 0.717) is 0 Å². The van der Waals surface area contributed by atoms with Crippen LogP contribution < -0.4 is 0 Å². The molecule has 0 atom stereocenters. The van der Waals surface area contributed by atoms with Crippen molar-refractivity contribution in [2.75, 3.05) is 6.61 Å². The van der Waals surface area contributed by atoms with Gasteiger partial charge in [0.25, 0.3) is 0 Å². The number of hydrogen-bond donors (Lipinski definition) is 1. The minimum atomic E-state index is -0.913. The van der Waals surface area contributed by atoms with Gasteiger partial charge in [0.05, 0.1) is 18.4 Å². The molecular formula is C22H32N2O3. The van der Waals surface area contributed by atoms with Gasteiger partial charge in [-0.15, -0.1) is 0 Å². The molecule has 27 heavy (non-hydrogen) atoms. The summed E-state index contributed by atoms with van der Waals surface area (Å²) in [6.45, 7) is 2.37. The summed E-state index contributed by atoms with van der Waals surface area (Å²) >= 11 is 0. The number of aryl methyl sites for hydroxylation is 1. The highest BCUT2D eigenvalue weighted by Gasteiger charge is 2.05. The highest BCUT2D eigenvalue weighted by molar-refractivity contribution is 5.86. The topological polar surface area (TPSA) is 64.3 Å². The Labute approximate surface area is 162 Å². The Kier molecular flexibility index (Phi) is 10.3. The summed E-state index contributed by atoms with van der Waals surface area (Å²) in [6.07, 6.45) is 14.1. The monoisotopic (exact) mass is 372 g/mol. The fraction of sp³-hybridized carbons (Fsp3) is 0.545. The highest BCUT2D eigenvalue weighted by atomic mass is 16.5. The lowest BCUT2D eigenvalue weighted by molar-refractivity contribution is 0.0696. The number of carbonyl (C=O) groups is 1. The number of aromatic carboxylic acids is 1. The van der Waals surface area contributed by atoms with Crippen molar-refractivity contribution in [3.8, 4) is 0 Å². The maximum Gasteiger partial charge on any atom is 0.338 e. The fourth-order valence-electron chi connectivity index (χ4n) is 3.08. The number of hydrogen-bond acceptors (Lipinski definition) is 3. The van der Waals surface area contributed by atoms with Crippen molar-refractivity contribution in [1.29, 1.82) is 0 Å². The normalized spacial score (nSPS) is 11.0. The molecule has 0 unspecified atom stereocenters. The van der Waals surface area contributed by atoms with Gasteiger partial charge in [-0.05, 0) is 18.4 Å². The van der Waals surface area contributed by atoms with Gasteiger partial charge in [0.2, 0.25) is 0 Å². The highest BCUT2D eigenvalue weighted by Crippen LogP contribution is 2.11. The summed E-state index contributed by atoms with van der Waals surface area (Å²) in [4.78, 5) is 10.8. The Morgan fingerprint density at radius 1 is 0.926 bits per heavy atom. The summed E-state index contributed by atoms with van der Waals surface area (Å²) in [6, 6.07) is 10.3. The first kappa shape index (κ1) is 21.2. The second kappa shape index (κ2) is 13.1. The van der Waals surface area contributed by atoms with Gasteiger partial charge in [0.15, 0.2) is 0 Å². The maximum atomic E-state index is 10.8. The Morgan fingerprint density at radius 2 is 1.56 bits per heavy atom. The van der Waals surface area contributed by atoms with E-state index in [2.05, 4.69) is 17.2 Å². The maximum absolute atomic E-state index is 10.8. The van der Waals surface area contributed by atoms with E-state index in [-0.39, 0.29) is 5.56 Å². The number of ether oxygens (including phenoxy) is 1. The van der Waals surface area contributed by atoms with Gasteiger partial charge in [0.1, 0.15) is 0 Å². The number of carboxylic acid groups (broad SMARTS) is 1. The lowest BCUT2D eigenvalue weighted by atomic mass is 10.1. The molecule has 1 N–H and O–H groups in total. The largest absolute Gasteiger partial charge is 0.478 e. The van der Waals surface area contributed by atoms with Gasteiger partial charge < -0.3 is 9.84 Å². The van der Waals surface area contributed by atoms with Gasteiger partial charge in [-0.3, -0.25) is 4.68 Å². The molecule has 0 saturated carbocycles. The van der Waals surface area contributed by atoms with E-state index >= 15 is 0 Å². The van der Waals surface area contributed by atoms with Crippen LogP contribution in [0.25, 0.3) is 0 Å². The molecule has 0 aliphatic rings. The van der Waals surface area contributed by atoms with Gasteiger partial charge in [-0.1, -0.05) is 75.3 Å². The van der Waals surface area contributed by atoms with Crippen molar-refractivity contribution in [1.82, 2.24) is 9.78 Å². The SMILES string of the molecule is O=C(O)c1cnn(CCCCCCCCCCCOCc2ccccc2)c1. The van der Waals surface area contributed by atoms with Gasteiger partial charge in [-0.25, -0.2) is 4.79 Å². The van der Waals surface area contributed by atoms with Gasteiger partial charge in [0, 0.05) is 19.3 Å². The van der Waals surface area contributed by atoms with Crippen LogP contribution in [0.15, 0.2) is 42.7 Å². The van der Waals surface area contributed by atoms with E-state index in [0.717, 1.165) is 32.6 Å². The molecule has 1 heterocycles. The first-order valence-corrected chi connectivity index (χ1v) is 10.1. The van der Waals surface area contributed by atoms with Crippen molar-refractivity contribution in [2.24, 2.45) is 0 Å². The van der Waals surface area contributed by atoms with Crippen molar-refractivity contribution in [2.45, 2.75) is 70.9 Å². The average Bonchev–Trinajstić information content (AvgIpc) is 3.15. The third-order valence-electron chi connectivity index (χ3n) is 4.67. The summed E-state index contributed by atoms with van der Waals surface area (Å²) in [7, 11) is 0. The van der Waals surface area contributed by atoms with Crippen molar-refractivity contribution >= 4 is 5.97 Å². The lowest BCUT2D eigenvalue weighted by Gasteiger charge is -2.05. The predicted molar refractivity (Wildman–Crippen MR) is 107 cm³/mol. The smallest absolute Gasteiger partial charge is 0.338 e. The summed E-state index contributed by atoms with van der Waals surface area (Å²) < 4.78 is 7.43. The zero-order valence-electron chi connectivity index (χ0n) is 16.2. The zero-order valence-corrected chi connectivity index (χ0v) is 16.2. The van der Waals surface area contributed by atoms with Crippen LogP contribution in [0.2, 0.25) is 0 Å². The third kappa shape index (κ3) is 9.38. The van der Waals surface area contributed by atoms with Crippen LogP contribution in [0.3, 0.4) is 0 Å². The van der Waals surface area contributed by atoms with Gasteiger partial charge >= 0.3 is 5.97 Å². The van der Waals surface area contributed by atoms with Crippen LogP contribution in [0.5, 0.6) is 0 Å². The Hall–Kier alpha value is -2.14. The molecule has 2 aromatic rings. The van der Waals surface area contributed by atoms with Crippen LogP contribution in [0.4, 0.5) is 0 Å². The molecule has 0 radical (unpaired) electrons. The predicted octanol–water partition coefficient (Wildman–Crippen LogP) is 5.31. The molecule has 0 saturated heterocycles. The van der Waals surface area contributed by atoms with Crippen LogP contribution in [-0.4, -0.2) is 27.5 Å². The van der Waals surface area contributed by atoms with E-state index < -0.39 is 5.97 Å². The lowest BCUT2D eigenvalue weighted by Crippen LogP contribution is -1.99. The molecule has 5 heteroatoms. The van der Waals surface area contributed by atoms with E-state index in [1.165, 1.54) is 56.7 Å². The van der Waals surface area contributed by atoms with E-state index in [1.807, 2.05) is 18.2 Å². The molecule has 1 aromatic heterocycles. The Morgan fingerprint density at radius 3 is 2.19 bits per heavy atom. The molecule has 0 fully saturated rings. The van der Waals surface area contributed by atoms with Crippen molar-refractivity contribution < 1.29 is 14.6 Å². The fourth-order valence-corrected chi connectivity index (χ4v) is 3.08. The number of carboxylic acids is 1. The average molecular weight is 373 g/mol. The first-order valence-electron chi connectivity index (χ1n) is 10.1. The van der Waals surface area contributed by atoms with E-state index in [4.69, 9.17) is 9.84 Å². The molecule has 0 amide bonds. The molecule has 148 valence electrons. The molecule has 0 aliphatic carbocycles. The number of nitrogens with zero attached hydrogens (tertiary/aromatic N) is 2. The molecule has 0 spiro atoms. The number of aromatic nitrogens is 2. The molecule has 0 aliphatic heterocycles. The number of rotatable bonds is 15. The summed E-state index contributed by atoms with van der Waals surface area (Å²) in [5.41, 5.74) is 1.51. The summed E-state index contributed by atoms with van der Waals surface area (Å²) in [5, 5.41) is 12.9. The van der Waals surface area contributed by atoms with Crippen LogP contribution in [0.1, 0.15) is 73.7 Å². The number of unbranched alkanes of at least 4 members (excludes halogenated alkanes) is 8. The van der Waals surface area contributed by atoms with E-state index in [9.17, 15) is 4.79 Å². The minimum Gasteiger partial charge on any atom is -0.478 e. The van der Waals surface area contributed by atoms with Crippen molar-refractivity contribution in [3.63, 3.8) is 0 Å².